The van der Waals surface area contributed by atoms with Crippen LogP contribution in [0.1, 0.15) is 25.7 Å². The molecule has 5 N–H and O–H groups in total. The number of amides is 3. The molecule has 1 aliphatic rings. The summed E-state index contributed by atoms with van der Waals surface area (Å²) in [4.78, 5) is 49.1. The number of hydrogen-bond donors (Lipinski definition) is 6. The highest BCUT2D eigenvalue weighted by Crippen LogP contribution is 2.08. The van der Waals surface area contributed by atoms with Crippen LogP contribution in [0.15, 0.2) is 0 Å². The first kappa shape index (κ1) is 26.9. The molecule has 1 fully saturated rings. The van der Waals surface area contributed by atoms with Crippen LogP contribution in [0.25, 0.3) is 0 Å². The van der Waals surface area contributed by atoms with Crippen LogP contribution < -0.4 is 21.3 Å². The van der Waals surface area contributed by atoms with Crippen molar-refractivity contribution in [1.82, 2.24) is 21.3 Å². The topological polar surface area (TPSA) is 137 Å². The third-order valence-electron chi connectivity index (χ3n) is 4.66. The number of hydrogen-bond acceptors (Lipinski definition) is 8. The monoisotopic (exact) mass is 480 g/mol. The molecule has 30 heavy (non-hydrogen) atoms. The lowest BCUT2D eigenvalue weighted by Crippen LogP contribution is -2.57. The van der Waals surface area contributed by atoms with Crippen LogP contribution in [-0.4, -0.2) is 89.3 Å². The summed E-state index contributed by atoms with van der Waals surface area (Å²) >= 11 is 7.15. The van der Waals surface area contributed by atoms with Gasteiger partial charge in [0.25, 0.3) is 0 Å². The van der Waals surface area contributed by atoms with E-state index in [9.17, 15) is 24.3 Å². The SMILES string of the molecule is CSCCC(NC(=O)C(CS)NC(=O)C(CCSC)NC(=O)C1CCCN1)C(=O)O. The Morgan fingerprint density at radius 2 is 1.57 bits per heavy atom. The van der Waals surface area contributed by atoms with E-state index in [4.69, 9.17) is 0 Å². The van der Waals surface area contributed by atoms with Crippen LogP contribution >= 0.6 is 36.2 Å². The van der Waals surface area contributed by atoms with Crippen molar-refractivity contribution >= 4 is 59.8 Å². The lowest BCUT2D eigenvalue weighted by molar-refractivity contribution is -0.142. The van der Waals surface area contributed by atoms with Crippen LogP contribution in [0, 0.1) is 0 Å². The lowest BCUT2D eigenvalue weighted by Gasteiger charge is -2.24. The standard InChI is InChI=1S/C18H32N4O5S3/c1-29-8-5-12(20-15(23)11-4-3-7-19-11)16(24)22-14(10-28)17(25)21-13(18(26)27)6-9-30-2/h11-14,19,28H,3-10H2,1-2H3,(H,20,23)(H,21,25)(H,22,24)(H,26,27). The second kappa shape index (κ2) is 14.8. The average molecular weight is 481 g/mol. The first-order valence-electron chi connectivity index (χ1n) is 9.80. The summed E-state index contributed by atoms with van der Waals surface area (Å²) in [7, 11) is 0. The quantitative estimate of drug-likeness (QED) is 0.187. The molecule has 0 bridgehead atoms. The Balaban J connectivity index is 2.73. The number of rotatable bonds is 14. The lowest BCUT2D eigenvalue weighted by atomic mass is 10.1. The Labute approximate surface area is 191 Å². The highest BCUT2D eigenvalue weighted by molar-refractivity contribution is 7.98. The maximum atomic E-state index is 12.8. The van der Waals surface area contributed by atoms with Crippen molar-refractivity contribution in [3.63, 3.8) is 0 Å². The van der Waals surface area contributed by atoms with Crippen molar-refractivity contribution in [3.8, 4) is 0 Å². The molecule has 3 amide bonds. The molecular weight excluding hydrogens is 448 g/mol. The van der Waals surface area contributed by atoms with Crippen molar-refractivity contribution in [2.24, 2.45) is 0 Å². The normalized spacial score (nSPS) is 18.8. The van der Waals surface area contributed by atoms with Crippen molar-refractivity contribution in [1.29, 1.82) is 0 Å². The molecule has 1 rings (SSSR count). The number of aliphatic carboxylic acids is 1. The Morgan fingerprint density at radius 1 is 1.00 bits per heavy atom. The van der Waals surface area contributed by atoms with E-state index in [1.807, 2.05) is 12.5 Å². The maximum absolute atomic E-state index is 12.8. The zero-order valence-corrected chi connectivity index (χ0v) is 19.8. The fourth-order valence-electron chi connectivity index (χ4n) is 2.92. The fraction of sp³-hybridized carbons (Fsp3) is 0.778. The van der Waals surface area contributed by atoms with Gasteiger partial charge < -0.3 is 26.4 Å². The number of nitrogens with one attached hydrogen (secondary N) is 4. The number of carboxylic acid groups (broad SMARTS) is 1. The van der Waals surface area contributed by atoms with Gasteiger partial charge in [-0.15, -0.1) is 0 Å². The van der Waals surface area contributed by atoms with Gasteiger partial charge in [-0.25, -0.2) is 4.79 Å². The number of carboxylic acids is 1. The summed E-state index contributed by atoms with van der Waals surface area (Å²) in [5, 5.41) is 20.2. The van der Waals surface area contributed by atoms with Gasteiger partial charge in [-0.3, -0.25) is 14.4 Å². The maximum Gasteiger partial charge on any atom is 0.326 e. The Bertz CT molecular complexity index is 590. The smallest absolute Gasteiger partial charge is 0.326 e. The van der Waals surface area contributed by atoms with Gasteiger partial charge in [0, 0.05) is 5.75 Å². The first-order valence-corrected chi connectivity index (χ1v) is 13.2. The van der Waals surface area contributed by atoms with E-state index >= 15 is 0 Å². The molecule has 1 saturated heterocycles. The molecule has 0 aliphatic carbocycles. The number of carbonyl (C=O) groups excluding carboxylic acids is 3. The number of carbonyl (C=O) groups is 4. The van der Waals surface area contributed by atoms with E-state index in [1.165, 1.54) is 11.8 Å². The van der Waals surface area contributed by atoms with Crippen LogP contribution in [0.5, 0.6) is 0 Å². The highest BCUT2D eigenvalue weighted by atomic mass is 32.2. The van der Waals surface area contributed by atoms with Gasteiger partial charge in [-0.2, -0.15) is 36.2 Å². The van der Waals surface area contributed by atoms with Gasteiger partial charge in [0.1, 0.15) is 18.1 Å². The number of thioether (sulfide) groups is 2. The molecule has 4 atom stereocenters. The van der Waals surface area contributed by atoms with E-state index in [-0.39, 0.29) is 24.1 Å². The highest BCUT2D eigenvalue weighted by Gasteiger charge is 2.30. The zero-order chi connectivity index (χ0) is 22.5. The van der Waals surface area contributed by atoms with Gasteiger partial charge in [0.2, 0.25) is 17.7 Å². The molecule has 0 saturated carbocycles. The van der Waals surface area contributed by atoms with Crippen molar-refractivity contribution in [3.05, 3.63) is 0 Å². The molecule has 0 spiro atoms. The molecule has 172 valence electrons. The van der Waals surface area contributed by atoms with Crippen molar-refractivity contribution < 1.29 is 24.3 Å². The largest absolute Gasteiger partial charge is 0.480 e. The summed E-state index contributed by atoms with van der Waals surface area (Å²) in [6, 6.07) is -3.14. The predicted molar refractivity (Wildman–Crippen MR) is 124 cm³/mol. The van der Waals surface area contributed by atoms with E-state index < -0.39 is 35.9 Å². The minimum Gasteiger partial charge on any atom is -0.480 e. The second-order valence-electron chi connectivity index (χ2n) is 6.92. The fourth-order valence-corrected chi connectivity index (χ4v) is 4.12. The van der Waals surface area contributed by atoms with Crippen LogP contribution in [0.2, 0.25) is 0 Å². The van der Waals surface area contributed by atoms with Gasteiger partial charge >= 0.3 is 5.97 Å². The van der Waals surface area contributed by atoms with E-state index in [0.717, 1.165) is 19.4 Å². The van der Waals surface area contributed by atoms with Crippen molar-refractivity contribution in [2.45, 2.75) is 49.9 Å². The minimum atomic E-state index is -1.13. The van der Waals surface area contributed by atoms with E-state index in [0.29, 0.717) is 17.9 Å². The molecule has 0 aromatic carbocycles. The summed E-state index contributed by atoms with van der Waals surface area (Å²) in [6.07, 6.45) is 6.07. The van der Waals surface area contributed by atoms with Gasteiger partial charge in [-0.1, -0.05) is 0 Å². The van der Waals surface area contributed by atoms with Crippen LogP contribution in [0.3, 0.4) is 0 Å². The Kier molecular flexibility index (Phi) is 13.3. The third-order valence-corrected chi connectivity index (χ3v) is 6.31. The Hall–Kier alpha value is -1.11. The molecule has 0 aromatic rings. The average Bonchev–Trinajstić information content (AvgIpc) is 3.26. The second-order valence-corrected chi connectivity index (χ2v) is 9.25. The Morgan fingerprint density at radius 3 is 2.07 bits per heavy atom. The minimum absolute atomic E-state index is 0.000184. The van der Waals surface area contributed by atoms with Gasteiger partial charge in [0.05, 0.1) is 6.04 Å². The summed E-state index contributed by atoms with van der Waals surface area (Å²) in [5.74, 6) is -1.23. The molecule has 4 unspecified atom stereocenters. The van der Waals surface area contributed by atoms with Crippen molar-refractivity contribution in [2.75, 3.05) is 36.3 Å². The van der Waals surface area contributed by atoms with Gasteiger partial charge in [0.15, 0.2) is 0 Å². The predicted octanol–water partition coefficient (Wildman–Crippen LogP) is -0.287. The van der Waals surface area contributed by atoms with Gasteiger partial charge in [-0.05, 0) is 56.2 Å². The first-order chi connectivity index (χ1) is 14.3. The molecule has 0 aromatic heterocycles. The zero-order valence-electron chi connectivity index (χ0n) is 17.3. The molecule has 0 radical (unpaired) electrons. The molecule has 9 nitrogen and oxygen atoms in total. The summed E-state index contributed by atoms with van der Waals surface area (Å²) < 4.78 is 0. The molecular formula is C18H32N4O5S3. The summed E-state index contributed by atoms with van der Waals surface area (Å²) in [5.41, 5.74) is 0. The van der Waals surface area contributed by atoms with E-state index in [1.54, 1.807) is 11.8 Å². The van der Waals surface area contributed by atoms with E-state index in [2.05, 4.69) is 33.9 Å². The third kappa shape index (κ3) is 9.36. The molecule has 12 heteroatoms. The number of thiol groups is 1. The molecule has 1 heterocycles. The van der Waals surface area contributed by atoms with Crippen LogP contribution in [-0.2, 0) is 19.2 Å². The summed E-state index contributed by atoms with van der Waals surface area (Å²) in [6.45, 7) is 0.767. The van der Waals surface area contributed by atoms with Crippen LogP contribution in [0.4, 0.5) is 0 Å². The molecule has 1 aliphatic heterocycles.